The molecule has 2 heterocycles. The van der Waals surface area contributed by atoms with Gasteiger partial charge in [-0.1, -0.05) is 18.2 Å². The minimum absolute atomic E-state index is 0.1000. The van der Waals surface area contributed by atoms with Gasteiger partial charge in [-0.2, -0.15) is 0 Å². The number of sulfonamides is 1. The Morgan fingerprint density at radius 1 is 1.16 bits per heavy atom. The monoisotopic (exact) mass is 375 g/mol. The van der Waals surface area contributed by atoms with E-state index in [4.69, 9.17) is 9.88 Å². The predicted molar refractivity (Wildman–Crippen MR) is 97.3 cm³/mol. The van der Waals surface area contributed by atoms with E-state index in [1.807, 2.05) is 19.1 Å². The molecule has 0 bridgehead atoms. The minimum atomic E-state index is -3.68. The van der Waals surface area contributed by atoms with Crippen molar-refractivity contribution in [3.63, 3.8) is 0 Å². The topological polar surface area (TPSA) is 95.2 Å². The molecule has 1 aromatic carbocycles. The number of methoxy groups -OCH3 is 1. The number of aryl methyl sites for hydroxylation is 1. The summed E-state index contributed by atoms with van der Waals surface area (Å²) < 4.78 is 27.8. The summed E-state index contributed by atoms with van der Waals surface area (Å²) in [5.41, 5.74) is 2.87. The van der Waals surface area contributed by atoms with E-state index >= 15 is 0 Å². The number of nitrogens with two attached hydrogens (primary N) is 1. The van der Waals surface area contributed by atoms with Crippen LogP contribution in [0.15, 0.2) is 47.5 Å². The number of hydrogen-bond donors (Lipinski definition) is 1. The lowest BCUT2D eigenvalue weighted by molar-refractivity contribution is 0.397. The Bertz CT molecular complexity index is 979. The molecule has 2 N–H and O–H groups in total. The number of aromatic nitrogens is 2. The lowest BCUT2D eigenvalue weighted by Gasteiger charge is -2.01. The zero-order valence-electron chi connectivity index (χ0n) is 13.8. The Kier molecular flexibility index (Phi) is 4.85. The molecule has 0 saturated heterocycles. The molecule has 0 spiro atoms. The summed E-state index contributed by atoms with van der Waals surface area (Å²) in [5, 5.41) is 6.10. The SMILES string of the molecule is COc1ccc(Cc2nc(C)c(-c3ccc(S(N)(=O)=O)cc3)s2)cn1. The molecule has 0 aliphatic carbocycles. The number of hydrogen-bond acceptors (Lipinski definition) is 6. The Balaban J connectivity index is 1.84. The van der Waals surface area contributed by atoms with Crippen LogP contribution in [0, 0.1) is 6.92 Å². The van der Waals surface area contributed by atoms with Crippen LogP contribution < -0.4 is 9.88 Å². The van der Waals surface area contributed by atoms with Crippen molar-refractivity contribution in [3.8, 4) is 16.3 Å². The van der Waals surface area contributed by atoms with E-state index in [1.54, 1.807) is 36.8 Å². The molecular weight excluding hydrogens is 358 g/mol. The van der Waals surface area contributed by atoms with E-state index in [0.29, 0.717) is 12.3 Å². The third-order valence-electron chi connectivity index (χ3n) is 3.65. The van der Waals surface area contributed by atoms with Gasteiger partial charge in [0, 0.05) is 18.7 Å². The van der Waals surface area contributed by atoms with Crippen LogP contribution in [0.2, 0.25) is 0 Å². The Labute approximate surface area is 150 Å². The van der Waals surface area contributed by atoms with Crippen molar-refractivity contribution in [2.75, 3.05) is 7.11 Å². The number of rotatable bonds is 5. The molecule has 0 fully saturated rings. The van der Waals surface area contributed by atoms with Gasteiger partial charge in [-0.05, 0) is 30.2 Å². The van der Waals surface area contributed by atoms with Crippen molar-refractivity contribution in [2.24, 2.45) is 5.14 Å². The summed E-state index contributed by atoms with van der Waals surface area (Å²) >= 11 is 1.58. The fourth-order valence-electron chi connectivity index (χ4n) is 2.40. The van der Waals surface area contributed by atoms with Crippen LogP contribution in [0.4, 0.5) is 0 Å². The second-order valence-electron chi connectivity index (χ2n) is 5.48. The van der Waals surface area contributed by atoms with E-state index in [2.05, 4.69) is 9.97 Å². The van der Waals surface area contributed by atoms with Crippen molar-refractivity contribution in [1.82, 2.24) is 9.97 Å². The summed E-state index contributed by atoms with van der Waals surface area (Å²) in [6, 6.07) is 10.3. The molecule has 6 nitrogen and oxygen atoms in total. The third kappa shape index (κ3) is 4.04. The molecule has 0 saturated carbocycles. The summed E-state index contributed by atoms with van der Waals surface area (Å²) in [5.74, 6) is 0.578. The molecule has 25 heavy (non-hydrogen) atoms. The molecule has 0 atom stereocenters. The smallest absolute Gasteiger partial charge is 0.238 e. The normalized spacial score (nSPS) is 11.5. The molecule has 2 aromatic heterocycles. The first-order valence-electron chi connectivity index (χ1n) is 7.45. The average Bonchev–Trinajstić information content (AvgIpc) is 2.95. The second kappa shape index (κ2) is 6.91. The maximum Gasteiger partial charge on any atom is 0.238 e. The van der Waals surface area contributed by atoms with Gasteiger partial charge >= 0.3 is 0 Å². The first-order valence-corrected chi connectivity index (χ1v) is 9.81. The lowest BCUT2D eigenvalue weighted by Crippen LogP contribution is -2.11. The van der Waals surface area contributed by atoms with Gasteiger partial charge in [-0.15, -0.1) is 11.3 Å². The molecule has 0 radical (unpaired) electrons. The van der Waals surface area contributed by atoms with Gasteiger partial charge in [-0.3, -0.25) is 0 Å². The first-order chi connectivity index (χ1) is 11.9. The van der Waals surface area contributed by atoms with E-state index in [9.17, 15) is 8.42 Å². The van der Waals surface area contributed by atoms with E-state index in [0.717, 1.165) is 26.7 Å². The molecule has 0 aliphatic rings. The van der Waals surface area contributed by atoms with Crippen LogP contribution in [0.1, 0.15) is 16.3 Å². The fraction of sp³-hybridized carbons (Fsp3) is 0.176. The zero-order chi connectivity index (χ0) is 18.0. The molecule has 3 aromatic rings. The van der Waals surface area contributed by atoms with Gasteiger partial charge < -0.3 is 4.74 Å². The van der Waals surface area contributed by atoms with Gasteiger partial charge in [0.1, 0.15) is 0 Å². The quantitative estimate of drug-likeness (QED) is 0.740. The highest BCUT2D eigenvalue weighted by Crippen LogP contribution is 2.31. The van der Waals surface area contributed by atoms with Gasteiger partial charge in [0.25, 0.3) is 0 Å². The fourth-order valence-corrected chi connectivity index (χ4v) is 4.02. The highest BCUT2D eigenvalue weighted by molar-refractivity contribution is 7.89. The van der Waals surface area contributed by atoms with Crippen molar-refractivity contribution < 1.29 is 13.2 Å². The summed E-state index contributed by atoms with van der Waals surface area (Å²) in [4.78, 5) is 9.92. The number of benzene rings is 1. The molecule has 3 rings (SSSR count). The number of primary sulfonamides is 1. The average molecular weight is 375 g/mol. The highest BCUT2D eigenvalue weighted by Gasteiger charge is 2.12. The summed E-state index contributed by atoms with van der Waals surface area (Å²) in [7, 11) is -2.10. The number of pyridine rings is 1. The number of thiazole rings is 1. The van der Waals surface area contributed by atoms with Crippen molar-refractivity contribution in [1.29, 1.82) is 0 Å². The largest absolute Gasteiger partial charge is 0.481 e. The van der Waals surface area contributed by atoms with E-state index in [1.165, 1.54) is 12.1 Å². The van der Waals surface area contributed by atoms with E-state index in [-0.39, 0.29) is 4.90 Å². The standard InChI is InChI=1S/C17H17N3O3S2/c1-11-17(13-4-6-14(7-5-13)25(18,21)22)24-16(20-11)9-12-3-8-15(23-2)19-10-12/h3-8,10H,9H2,1-2H3,(H2,18,21,22). The Morgan fingerprint density at radius 2 is 1.88 bits per heavy atom. The van der Waals surface area contributed by atoms with E-state index < -0.39 is 10.0 Å². The number of nitrogens with zero attached hydrogens (tertiary/aromatic N) is 2. The lowest BCUT2D eigenvalue weighted by atomic mass is 10.2. The van der Waals surface area contributed by atoms with Gasteiger partial charge in [0.15, 0.2) is 0 Å². The van der Waals surface area contributed by atoms with Crippen LogP contribution >= 0.6 is 11.3 Å². The molecule has 0 aliphatic heterocycles. The molecule has 0 amide bonds. The third-order valence-corrected chi connectivity index (χ3v) is 5.78. The van der Waals surface area contributed by atoms with Crippen LogP contribution in [0.25, 0.3) is 10.4 Å². The van der Waals surface area contributed by atoms with Gasteiger partial charge in [-0.25, -0.2) is 23.5 Å². The number of ether oxygens (including phenoxy) is 1. The molecule has 0 unspecified atom stereocenters. The van der Waals surface area contributed by atoms with Crippen molar-refractivity contribution >= 4 is 21.4 Å². The Hall–Kier alpha value is -2.29. The second-order valence-corrected chi connectivity index (χ2v) is 8.12. The maximum absolute atomic E-state index is 11.4. The molecular formula is C17H17N3O3S2. The zero-order valence-corrected chi connectivity index (χ0v) is 15.4. The van der Waals surface area contributed by atoms with Gasteiger partial charge in [0.2, 0.25) is 15.9 Å². The summed E-state index contributed by atoms with van der Waals surface area (Å²) in [6.45, 7) is 1.94. The Morgan fingerprint density at radius 3 is 2.44 bits per heavy atom. The molecule has 130 valence electrons. The van der Waals surface area contributed by atoms with Crippen molar-refractivity contribution in [2.45, 2.75) is 18.2 Å². The van der Waals surface area contributed by atoms with Crippen LogP contribution in [-0.4, -0.2) is 25.5 Å². The molecule has 8 heteroatoms. The first kappa shape index (κ1) is 17.5. The predicted octanol–water partition coefficient (Wildman–Crippen LogP) is 2.76. The van der Waals surface area contributed by atoms with Crippen LogP contribution in [-0.2, 0) is 16.4 Å². The summed E-state index contributed by atoms with van der Waals surface area (Å²) in [6.07, 6.45) is 2.45. The minimum Gasteiger partial charge on any atom is -0.481 e. The highest BCUT2D eigenvalue weighted by atomic mass is 32.2. The van der Waals surface area contributed by atoms with Crippen LogP contribution in [0.5, 0.6) is 5.88 Å². The van der Waals surface area contributed by atoms with Gasteiger partial charge in [0.05, 0.1) is 27.6 Å². The van der Waals surface area contributed by atoms with Crippen LogP contribution in [0.3, 0.4) is 0 Å². The van der Waals surface area contributed by atoms with Crippen molar-refractivity contribution in [3.05, 3.63) is 58.9 Å². The maximum atomic E-state index is 11.4.